The molecular formula is C24H27FN4O2S. The fourth-order valence-corrected chi connectivity index (χ4v) is 4.65. The van der Waals surface area contributed by atoms with E-state index in [2.05, 4.69) is 10.2 Å². The Kier molecular flexibility index (Phi) is 7.42. The Bertz CT molecular complexity index is 1050. The maximum atomic E-state index is 14.7. The first-order valence-electron chi connectivity index (χ1n) is 11.0. The van der Waals surface area contributed by atoms with Crippen molar-refractivity contribution in [2.24, 2.45) is 0 Å². The quantitative estimate of drug-likeness (QED) is 0.472. The van der Waals surface area contributed by atoms with Gasteiger partial charge in [0, 0.05) is 18.7 Å². The fraction of sp³-hybridized carbons (Fsp3) is 0.375. The number of benzene rings is 2. The Morgan fingerprint density at radius 2 is 1.75 bits per heavy atom. The number of nitrogens with zero attached hydrogens (tertiary/aromatic N) is 4. The van der Waals surface area contributed by atoms with Gasteiger partial charge in [0.25, 0.3) is 0 Å². The van der Waals surface area contributed by atoms with Gasteiger partial charge in [-0.3, -0.25) is 9.36 Å². The first-order valence-corrected chi connectivity index (χ1v) is 12.0. The zero-order chi connectivity index (χ0) is 22.3. The predicted molar refractivity (Wildman–Crippen MR) is 124 cm³/mol. The third kappa shape index (κ3) is 5.12. The molecule has 0 unspecified atom stereocenters. The highest BCUT2D eigenvalue weighted by atomic mass is 32.2. The van der Waals surface area contributed by atoms with Gasteiger partial charge >= 0.3 is 0 Å². The molecule has 1 aliphatic rings. The molecule has 6 nitrogen and oxygen atoms in total. The molecule has 0 bridgehead atoms. The van der Waals surface area contributed by atoms with Crippen LogP contribution in [0.1, 0.15) is 32.6 Å². The van der Waals surface area contributed by atoms with Crippen LogP contribution in [0.5, 0.6) is 5.75 Å². The van der Waals surface area contributed by atoms with E-state index in [0.717, 1.165) is 37.2 Å². The number of likely N-dealkylation sites (tertiary alicyclic amines) is 1. The van der Waals surface area contributed by atoms with Gasteiger partial charge in [-0.15, -0.1) is 10.2 Å². The summed E-state index contributed by atoms with van der Waals surface area (Å²) < 4.78 is 22.0. The maximum Gasteiger partial charge on any atom is 0.233 e. The van der Waals surface area contributed by atoms with E-state index >= 15 is 0 Å². The molecule has 0 radical (unpaired) electrons. The molecule has 1 amide bonds. The van der Waals surface area contributed by atoms with Crippen molar-refractivity contribution in [2.45, 2.75) is 37.8 Å². The summed E-state index contributed by atoms with van der Waals surface area (Å²) in [4.78, 5) is 14.7. The zero-order valence-electron chi connectivity index (χ0n) is 18.2. The van der Waals surface area contributed by atoms with Crippen LogP contribution in [0.25, 0.3) is 17.1 Å². The van der Waals surface area contributed by atoms with E-state index in [-0.39, 0.29) is 17.5 Å². The van der Waals surface area contributed by atoms with Crippen LogP contribution < -0.4 is 4.74 Å². The van der Waals surface area contributed by atoms with E-state index in [9.17, 15) is 9.18 Å². The first kappa shape index (κ1) is 22.3. The highest BCUT2D eigenvalue weighted by Crippen LogP contribution is 2.30. The van der Waals surface area contributed by atoms with Crippen molar-refractivity contribution in [3.8, 4) is 22.8 Å². The second-order valence-corrected chi connectivity index (χ2v) is 8.58. The number of hydrogen-bond donors (Lipinski definition) is 0. The molecule has 0 atom stereocenters. The van der Waals surface area contributed by atoms with Gasteiger partial charge in [-0.05, 0) is 56.2 Å². The van der Waals surface area contributed by atoms with Gasteiger partial charge in [0.2, 0.25) is 5.91 Å². The predicted octanol–water partition coefficient (Wildman–Crippen LogP) is 4.97. The monoisotopic (exact) mass is 454 g/mol. The Hall–Kier alpha value is -2.87. The van der Waals surface area contributed by atoms with Crippen molar-refractivity contribution >= 4 is 17.7 Å². The van der Waals surface area contributed by atoms with Crippen LogP contribution in [-0.4, -0.2) is 51.0 Å². The molecule has 1 aromatic heterocycles. The van der Waals surface area contributed by atoms with Crippen molar-refractivity contribution in [3.63, 3.8) is 0 Å². The van der Waals surface area contributed by atoms with Crippen LogP contribution >= 0.6 is 11.8 Å². The van der Waals surface area contributed by atoms with Gasteiger partial charge in [0.05, 0.1) is 18.0 Å². The van der Waals surface area contributed by atoms with E-state index in [0.29, 0.717) is 23.3 Å². The normalized spacial score (nSPS) is 14.2. The zero-order valence-corrected chi connectivity index (χ0v) is 19.0. The van der Waals surface area contributed by atoms with E-state index < -0.39 is 0 Å². The van der Waals surface area contributed by atoms with E-state index in [4.69, 9.17) is 4.74 Å². The van der Waals surface area contributed by atoms with Gasteiger partial charge in [0.1, 0.15) is 11.6 Å². The van der Waals surface area contributed by atoms with Crippen molar-refractivity contribution in [1.82, 2.24) is 19.7 Å². The van der Waals surface area contributed by atoms with Crippen molar-refractivity contribution in [1.29, 1.82) is 0 Å². The van der Waals surface area contributed by atoms with Crippen LogP contribution in [0.2, 0.25) is 0 Å². The molecule has 2 aromatic carbocycles. The summed E-state index contributed by atoms with van der Waals surface area (Å²) in [5, 5.41) is 9.14. The number of amides is 1. The largest absolute Gasteiger partial charge is 0.494 e. The molecule has 4 rings (SSSR count). The molecule has 1 fully saturated rings. The summed E-state index contributed by atoms with van der Waals surface area (Å²) in [6, 6.07) is 14.0. The topological polar surface area (TPSA) is 60.3 Å². The van der Waals surface area contributed by atoms with Gasteiger partial charge in [-0.25, -0.2) is 4.39 Å². The maximum absolute atomic E-state index is 14.7. The molecule has 3 aromatic rings. The number of thioether (sulfide) groups is 1. The SMILES string of the molecule is CCOc1ccc(-c2nnc(SCC(=O)N3CCCCCC3)n2-c2ccccc2F)cc1. The van der Waals surface area contributed by atoms with Crippen molar-refractivity contribution in [2.75, 3.05) is 25.4 Å². The number of ether oxygens (including phenoxy) is 1. The number of halogens is 1. The minimum Gasteiger partial charge on any atom is -0.494 e. The number of hydrogen-bond acceptors (Lipinski definition) is 5. The van der Waals surface area contributed by atoms with Crippen molar-refractivity contribution in [3.05, 3.63) is 54.3 Å². The molecule has 0 N–H and O–H groups in total. The summed E-state index contributed by atoms with van der Waals surface area (Å²) in [5.74, 6) is 1.23. The summed E-state index contributed by atoms with van der Waals surface area (Å²) >= 11 is 1.29. The molecule has 1 aliphatic heterocycles. The first-order chi connectivity index (χ1) is 15.7. The molecule has 0 spiro atoms. The second kappa shape index (κ2) is 10.6. The summed E-state index contributed by atoms with van der Waals surface area (Å²) in [5.41, 5.74) is 1.14. The molecule has 2 heterocycles. The van der Waals surface area contributed by atoms with Crippen LogP contribution in [0.15, 0.2) is 53.7 Å². The average Bonchev–Trinajstić information content (AvgIpc) is 3.03. The minimum atomic E-state index is -0.375. The summed E-state index contributed by atoms with van der Waals surface area (Å²) in [6.45, 7) is 4.11. The smallest absolute Gasteiger partial charge is 0.233 e. The van der Waals surface area contributed by atoms with E-state index in [1.807, 2.05) is 36.1 Å². The summed E-state index contributed by atoms with van der Waals surface area (Å²) in [6.07, 6.45) is 4.43. The molecule has 168 valence electrons. The Labute approximate surface area is 191 Å². The molecule has 1 saturated heterocycles. The Balaban J connectivity index is 1.62. The molecular weight excluding hydrogens is 427 g/mol. The third-order valence-corrected chi connectivity index (χ3v) is 6.35. The molecule has 0 aliphatic carbocycles. The number of carbonyl (C=O) groups is 1. The van der Waals surface area contributed by atoms with Gasteiger partial charge < -0.3 is 9.64 Å². The number of aromatic nitrogens is 3. The molecule has 32 heavy (non-hydrogen) atoms. The molecule has 0 saturated carbocycles. The Morgan fingerprint density at radius 3 is 2.44 bits per heavy atom. The summed E-state index contributed by atoms with van der Waals surface area (Å²) in [7, 11) is 0. The lowest BCUT2D eigenvalue weighted by Crippen LogP contribution is -2.33. The van der Waals surface area contributed by atoms with Crippen LogP contribution in [0, 0.1) is 5.82 Å². The second-order valence-electron chi connectivity index (χ2n) is 7.63. The molecule has 8 heteroatoms. The third-order valence-electron chi connectivity index (χ3n) is 5.43. The lowest BCUT2D eigenvalue weighted by molar-refractivity contribution is -0.128. The minimum absolute atomic E-state index is 0.0857. The van der Waals surface area contributed by atoms with Crippen LogP contribution in [-0.2, 0) is 4.79 Å². The van der Waals surface area contributed by atoms with Gasteiger partial charge in [-0.1, -0.05) is 36.7 Å². The highest BCUT2D eigenvalue weighted by Gasteiger charge is 2.21. The fourth-order valence-electron chi connectivity index (χ4n) is 3.81. The van der Waals surface area contributed by atoms with E-state index in [1.165, 1.54) is 30.7 Å². The standard InChI is InChI=1S/C24H27FN4O2S/c1-2-31-19-13-11-18(12-14-19)23-26-27-24(29(23)21-10-6-5-9-20(21)25)32-17-22(30)28-15-7-3-4-8-16-28/h5-6,9-14H,2-4,7-8,15-17H2,1H3. The average molecular weight is 455 g/mol. The van der Waals surface area contributed by atoms with Gasteiger partial charge in [-0.2, -0.15) is 0 Å². The number of carbonyl (C=O) groups excluding carboxylic acids is 1. The lowest BCUT2D eigenvalue weighted by atomic mass is 10.2. The van der Waals surface area contributed by atoms with Gasteiger partial charge in [0.15, 0.2) is 11.0 Å². The van der Waals surface area contributed by atoms with Crippen molar-refractivity contribution < 1.29 is 13.9 Å². The highest BCUT2D eigenvalue weighted by molar-refractivity contribution is 7.99. The van der Waals surface area contributed by atoms with E-state index in [1.54, 1.807) is 22.8 Å². The lowest BCUT2D eigenvalue weighted by Gasteiger charge is -2.20. The van der Waals surface area contributed by atoms with Crippen LogP contribution in [0.3, 0.4) is 0 Å². The van der Waals surface area contributed by atoms with Crippen LogP contribution in [0.4, 0.5) is 4.39 Å². The Morgan fingerprint density at radius 1 is 1.03 bits per heavy atom. The number of rotatable bonds is 7. The number of para-hydroxylation sites is 1.